The van der Waals surface area contributed by atoms with Crippen molar-refractivity contribution in [1.82, 2.24) is 0 Å². The molecule has 1 rings (SSSR count). The summed E-state index contributed by atoms with van der Waals surface area (Å²) in [4.78, 5) is 1.82. The molecule has 0 saturated carbocycles. The van der Waals surface area contributed by atoms with Gasteiger partial charge in [0, 0.05) is 4.88 Å². The van der Waals surface area contributed by atoms with Crippen molar-refractivity contribution >= 4 is 38.9 Å². The first-order valence-corrected chi connectivity index (χ1v) is 6.69. The maximum absolute atomic E-state index is 5.89. The highest BCUT2D eigenvalue weighted by atomic mass is 79.9. The largest absolute Gasteiger partial charge is 0.127 e. The lowest BCUT2D eigenvalue weighted by Crippen LogP contribution is -2.03. The van der Waals surface area contributed by atoms with Crippen LogP contribution in [0.3, 0.4) is 0 Å². The van der Waals surface area contributed by atoms with E-state index in [-0.39, 0.29) is 0 Å². The first-order valence-electron chi connectivity index (χ1n) is 4.58. The van der Waals surface area contributed by atoms with Crippen molar-refractivity contribution in [2.45, 2.75) is 31.5 Å². The van der Waals surface area contributed by atoms with E-state index in [1.165, 1.54) is 17.7 Å². The zero-order chi connectivity index (χ0) is 9.84. The molecule has 0 aliphatic heterocycles. The Morgan fingerprint density at radius 2 is 2.00 bits per heavy atom. The molecule has 74 valence electrons. The zero-order valence-corrected chi connectivity index (χ0v) is 11.0. The number of hydrogen-bond donors (Lipinski definition) is 0. The van der Waals surface area contributed by atoms with E-state index in [9.17, 15) is 0 Å². The average molecular weight is 282 g/mol. The zero-order valence-electron chi connectivity index (χ0n) is 7.89. The summed E-state index contributed by atoms with van der Waals surface area (Å²) in [6.07, 6.45) is 2.42. The van der Waals surface area contributed by atoms with Crippen LogP contribution in [-0.2, 0) is 0 Å². The van der Waals surface area contributed by atoms with Crippen molar-refractivity contribution in [3.8, 4) is 0 Å². The fraction of sp³-hybridized carbons (Fsp3) is 0.600. The van der Waals surface area contributed by atoms with Crippen LogP contribution >= 0.6 is 38.9 Å². The molecule has 1 aromatic heterocycles. The SMILES string of the molecule is CCC(CC)C(Br)c1ccc(Cl)s1. The van der Waals surface area contributed by atoms with Crippen LogP contribution in [0.4, 0.5) is 0 Å². The molecule has 3 heteroatoms. The van der Waals surface area contributed by atoms with Crippen LogP contribution in [0, 0.1) is 5.92 Å². The minimum Gasteiger partial charge on any atom is -0.127 e. The third kappa shape index (κ3) is 2.97. The van der Waals surface area contributed by atoms with Gasteiger partial charge in [-0.1, -0.05) is 54.2 Å². The lowest BCUT2D eigenvalue weighted by atomic mass is 9.99. The van der Waals surface area contributed by atoms with Gasteiger partial charge >= 0.3 is 0 Å². The smallest absolute Gasteiger partial charge is 0.0931 e. The van der Waals surface area contributed by atoms with Gasteiger partial charge < -0.3 is 0 Å². The van der Waals surface area contributed by atoms with E-state index >= 15 is 0 Å². The molecule has 0 nitrogen and oxygen atoms in total. The Hall–Kier alpha value is 0.470. The molecule has 1 aromatic rings. The van der Waals surface area contributed by atoms with Gasteiger partial charge in [0.2, 0.25) is 0 Å². The number of thiophene rings is 1. The maximum Gasteiger partial charge on any atom is 0.0931 e. The van der Waals surface area contributed by atoms with Gasteiger partial charge in [0.05, 0.1) is 9.16 Å². The van der Waals surface area contributed by atoms with Crippen LogP contribution in [0.1, 0.15) is 36.4 Å². The molecular formula is C10H14BrClS. The van der Waals surface area contributed by atoms with E-state index in [4.69, 9.17) is 11.6 Å². The van der Waals surface area contributed by atoms with Crippen LogP contribution in [0.15, 0.2) is 12.1 Å². The molecule has 0 bridgehead atoms. The van der Waals surface area contributed by atoms with Crippen molar-refractivity contribution in [3.05, 3.63) is 21.3 Å². The van der Waals surface area contributed by atoms with Gasteiger partial charge in [0.25, 0.3) is 0 Å². The Balaban J connectivity index is 2.71. The first-order chi connectivity index (χ1) is 6.19. The lowest BCUT2D eigenvalue weighted by Gasteiger charge is -2.17. The van der Waals surface area contributed by atoms with E-state index in [0.29, 0.717) is 4.83 Å². The maximum atomic E-state index is 5.89. The fourth-order valence-electron chi connectivity index (χ4n) is 1.41. The van der Waals surface area contributed by atoms with Crippen LogP contribution in [0.5, 0.6) is 0 Å². The molecule has 0 aliphatic rings. The van der Waals surface area contributed by atoms with Crippen LogP contribution in [0.25, 0.3) is 0 Å². The molecule has 0 aromatic carbocycles. The van der Waals surface area contributed by atoms with Crippen molar-refractivity contribution in [2.75, 3.05) is 0 Å². The third-order valence-corrected chi connectivity index (χ3v) is 5.19. The second-order valence-corrected chi connectivity index (χ2v) is 5.85. The monoisotopic (exact) mass is 280 g/mol. The van der Waals surface area contributed by atoms with Crippen LogP contribution in [-0.4, -0.2) is 0 Å². The topological polar surface area (TPSA) is 0 Å². The van der Waals surface area contributed by atoms with Crippen molar-refractivity contribution in [1.29, 1.82) is 0 Å². The van der Waals surface area contributed by atoms with Crippen molar-refractivity contribution in [3.63, 3.8) is 0 Å². The van der Waals surface area contributed by atoms with Gasteiger partial charge in [-0.25, -0.2) is 0 Å². The molecule has 0 aliphatic carbocycles. The fourth-order valence-corrected chi connectivity index (χ4v) is 3.72. The van der Waals surface area contributed by atoms with Gasteiger partial charge in [0.15, 0.2) is 0 Å². The van der Waals surface area contributed by atoms with Gasteiger partial charge in [-0.05, 0) is 18.1 Å². The van der Waals surface area contributed by atoms with Crippen LogP contribution < -0.4 is 0 Å². The summed E-state index contributed by atoms with van der Waals surface area (Å²) in [6.45, 7) is 4.47. The van der Waals surface area contributed by atoms with E-state index < -0.39 is 0 Å². The highest BCUT2D eigenvalue weighted by Gasteiger charge is 2.18. The van der Waals surface area contributed by atoms with E-state index in [2.05, 4.69) is 35.8 Å². The van der Waals surface area contributed by atoms with Crippen molar-refractivity contribution < 1.29 is 0 Å². The Bertz CT molecular complexity index is 255. The summed E-state index contributed by atoms with van der Waals surface area (Å²) < 4.78 is 0.880. The molecule has 1 atom stereocenters. The second-order valence-electron chi connectivity index (χ2n) is 3.12. The number of rotatable bonds is 4. The normalized spacial score (nSPS) is 13.6. The summed E-state index contributed by atoms with van der Waals surface area (Å²) in [5, 5.41) is 0. The number of halogens is 2. The molecule has 0 N–H and O–H groups in total. The molecule has 1 unspecified atom stereocenters. The summed E-state index contributed by atoms with van der Waals surface area (Å²) in [7, 11) is 0. The van der Waals surface area contributed by atoms with E-state index in [0.717, 1.165) is 10.3 Å². The summed E-state index contributed by atoms with van der Waals surface area (Å²) >= 11 is 11.3. The minimum absolute atomic E-state index is 0.472. The molecule has 0 amide bonds. The molecule has 1 heterocycles. The predicted octanol–water partition coefficient (Wildman–Crippen LogP) is 5.27. The number of alkyl halides is 1. The highest BCUT2D eigenvalue weighted by molar-refractivity contribution is 9.09. The minimum atomic E-state index is 0.472. The average Bonchev–Trinajstić information content (AvgIpc) is 2.54. The van der Waals surface area contributed by atoms with Crippen molar-refractivity contribution in [2.24, 2.45) is 5.92 Å². The van der Waals surface area contributed by atoms with Gasteiger partial charge in [0.1, 0.15) is 0 Å². The number of hydrogen-bond acceptors (Lipinski definition) is 1. The molecule has 0 fully saturated rings. The third-order valence-electron chi connectivity index (χ3n) is 2.33. The Morgan fingerprint density at radius 3 is 2.38 bits per heavy atom. The molecule has 13 heavy (non-hydrogen) atoms. The lowest BCUT2D eigenvalue weighted by molar-refractivity contribution is 0.490. The Morgan fingerprint density at radius 1 is 1.38 bits per heavy atom. The standard InChI is InChI=1S/C10H14BrClS/c1-3-7(4-2)10(11)8-5-6-9(12)13-8/h5-7,10H,3-4H2,1-2H3. The van der Waals surface area contributed by atoms with Gasteiger partial charge in [-0.3, -0.25) is 0 Å². The quantitative estimate of drug-likeness (QED) is 0.659. The van der Waals surface area contributed by atoms with Gasteiger partial charge in [-0.2, -0.15) is 0 Å². The molecule has 0 spiro atoms. The molecular weight excluding hydrogens is 268 g/mol. The predicted molar refractivity (Wildman–Crippen MR) is 65.1 cm³/mol. The Kier molecular flexibility index (Phi) is 4.77. The van der Waals surface area contributed by atoms with E-state index in [1.54, 1.807) is 11.3 Å². The summed E-state index contributed by atoms with van der Waals surface area (Å²) in [6, 6.07) is 4.09. The summed E-state index contributed by atoms with van der Waals surface area (Å²) in [5.41, 5.74) is 0. The highest BCUT2D eigenvalue weighted by Crippen LogP contribution is 2.39. The second kappa shape index (κ2) is 5.38. The van der Waals surface area contributed by atoms with Gasteiger partial charge in [-0.15, -0.1) is 11.3 Å². The molecule has 0 saturated heterocycles. The summed E-state index contributed by atoms with van der Waals surface area (Å²) in [5.74, 6) is 0.717. The first kappa shape index (κ1) is 11.5. The van der Waals surface area contributed by atoms with Crippen LogP contribution in [0.2, 0.25) is 4.34 Å². The van der Waals surface area contributed by atoms with E-state index in [1.807, 2.05) is 6.07 Å². The molecule has 0 radical (unpaired) electrons. The Labute approximate surface area is 97.4 Å².